The average molecular weight is 1720 g/mol. The summed E-state index contributed by atoms with van der Waals surface area (Å²) < 4.78 is 0. The first-order valence-corrected chi connectivity index (χ1v) is 40.4. The van der Waals surface area contributed by atoms with Crippen LogP contribution >= 0.6 is 46.4 Å². The van der Waals surface area contributed by atoms with E-state index in [9.17, 15) is 0 Å². The molecule has 0 N–H and O–H groups in total. The molecule has 6 aliphatic rings. The van der Waals surface area contributed by atoms with E-state index in [1.807, 2.05) is 257 Å². The molecule has 0 atom stereocenters. The second-order valence-corrected chi connectivity index (χ2v) is 30.7. The summed E-state index contributed by atoms with van der Waals surface area (Å²) in [7, 11) is 0. The minimum atomic E-state index is -0.293. The van der Waals surface area contributed by atoms with E-state index in [1.54, 1.807) is 0 Å². The number of aromatic nitrogens is 6. The van der Waals surface area contributed by atoms with E-state index in [1.165, 1.54) is 0 Å². The van der Waals surface area contributed by atoms with Crippen molar-refractivity contribution in [3.63, 3.8) is 0 Å². The molecule has 0 aliphatic carbocycles. The minimum absolute atomic E-state index is 0. The molecule has 592 valence electrons. The zero-order valence-electron chi connectivity index (χ0n) is 66.1. The molecule has 6 aromatic heterocycles. The third-order valence-electron chi connectivity index (χ3n) is 20.9. The van der Waals surface area contributed by atoms with Crippen LogP contribution in [0.25, 0.3) is 38.8 Å². The fourth-order valence-corrected chi connectivity index (χ4v) is 14.4. The normalized spacial score (nSPS) is 16.5. The maximum atomic E-state index is 4.86. The Kier molecular flexibility index (Phi) is 29.4. The van der Waals surface area contributed by atoms with Crippen molar-refractivity contribution in [3.8, 4) is 0 Å². The number of halogens is 4. The Bertz CT molecular complexity index is 5730. The van der Waals surface area contributed by atoms with Gasteiger partial charge in [-0.15, -0.1) is 80.6 Å². The summed E-state index contributed by atoms with van der Waals surface area (Å²) in [4.78, 5) is 52.0. The Morgan fingerprint density at radius 2 is 0.580 bits per heavy atom. The second kappa shape index (κ2) is 40.5. The number of hydrogen-bond donors (Lipinski definition) is 0. The van der Waals surface area contributed by atoms with Gasteiger partial charge in [0.15, 0.2) is 0 Å². The first-order valence-electron chi connectivity index (χ1n) is 38.2. The van der Waals surface area contributed by atoms with Gasteiger partial charge >= 0.3 is 33.6 Å². The maximum Gasteiger partial charge on any atom is 3.00 e. The van der Waals surface area contributed by atoms with Gasteiger partial charge in [0.1, 0.15) is 0 Å². The Hall–Kier alpha value is -11.9. The first-order chi connectivity index (χ1) is 57.2. The number of benzene rings is 6. The summed E-state index contributed by atoms with van der Waals surface area (Å²) in [6.07, 6.45) is 39.6. The summed E-state index contributed by atoms with van der Waals surface area (Å²) in [5.41, 5.74) is 29.8. The van der Waals surface area contributed by atoms with Crippen molar-refractivity contribution < 1.29 is 33.6 Å². The third kappa shape index (κ3) is 19.9. The van der Waals surface area contributed by atoms with Crippen LogP contribution in [0, 0.1) is 6.54 Å². The molecule has 6 aromatic carbocycles. The number of aliphatic imine (C=N–C) groups is 5. The Morgan fingerprint density at radius 1 is 0.311 bits per heavy atom. The van der Waals surface area contributed by atoms with Gasteiger partial charge in [0.25, 0.3) is 0 Å². The summed E-state index contributed by atoms with van der Waals surface area (Å²) in [5.74, 6) is 0. The van der Waals surface area contributed by atoms with Gasteiger partial charge in [0, 0.05) is 47.3 Å². The molecule has 0 bridgehead atoms. The van der Waals surface area contributed by atoms with Crippen LogP contribution in [0.2, 0.25) is 0 Å². The summed E-state index contributed by atoms with van der Waals surface area (Å²) in [6.45, 7) is 15.2. The van der Waals surface area contributed by atoms with Crippen LogP contribution in [-0.2, 0) is 49.8 Å². The van der Waals surface area contributed by atoms with Gasteiger partial charge in [-0.2, -0.15) is 37.2 Å². The Labute approximate surface area is 737 Å². The fourth-order valence-electron chi connectivity index (χ4n) is 14.4. The molecule has 0 amide bonds. The Morgan fingerprint density at radius 3 is 0.824 bits per heavy atom. The van der Waals surface area contributed by atoms with Crippen molar-refractivity contribution in [1.82, 2.24) is 29.9 Å². The molecule has 6 aliphatic heterocycles. The van der Waals surface area contributed by atoms with E-state index in [0.29, 0.717) is 0 Å². The van der Waals surface area contributed by atoms with E-state index in [2.05, 4.69) is 181 Å². The minimum Gasteiger partial charge on any atom is -0.664 e. The Balaban J connectivity index is 0.000000157. The van der Waals surface area contributed by atoms with E-state index in [4.69, 9.17) is 76.3 Å². The van der Waals surface area contributed by atoms with Crippen molar-refractivity contribution in [2.24, 2.45) is 25.0 Å². The SMILES string of the molecule is CC(C)(C1=C/C(=C(\c2ccccc2)c2ccc[n-]2)N=C1)c1c[n-]c(/C(=C2/C=CC=N2)c2ccccc2)c1.CC(C)(C1=C/C(=C(\c2ccccc2)c2ccc[n-]2)N=C1)c1c[n-]c(/C(=C2/C=CC=N2)c2ccccc2)c1.CC(C)(C1=C/C(=C(\c2ccccc2)c2ccc[n-]2)N=C1)c1c[n-]c(/C(=C2/C=C[CH+][N-]2)c2ccccc2)c1.ClCCl.ClCCl.[Co+3].[Co+3]. The average Bonchev–Trinajstić information content (AvgIpc) is 1.63. The molecule has 18 rings (SSSR count). The standard InChI is InChI=1S/3C33H26N4.2CH2Cl2.2Co/c3*1-33(2,25-19-29(36-21-25)31(27-15-9-17-34-27)23-11-5-3-6-12-23)26-20-30(37-22-26)32(28-16-10-18-35-28)24-13-7-4-8-14-24;2*2-1-3;;/h3*3-22H,1-2H3;2*1H2;;/q3*-2;;;2*+3/b3*31-27-,32-30-;;;;. The van der Waals surface area contributed by atoms with Crippen molar-refractivity contribution >= 4 is 111 Å². The molecule has 0 saturated heterocycles. The quantitative estimate of drug-likeness (QED) is 0.0614. The van der Waals surface area contributed by atoms with Crippen LogP contribution in [0.15, 0.2) is 404 Å². The van der Waals surface area contributed by atoms with Crippen LogP contribution < -0.4 is 29.9 Å². The monoisotopic (exact) mass is 1720 g/mol. The first kappa shape index (κ1) is 86.4. The molecule has 0 radical (unpaired) electrons. The number of nitrogens with zero attached hydrogens (tertiary/aromatic N) is 12. The van der Waals surface area contributed by atoms with E-state index in [-0.39, 0.29) is 60.5 Å². The zero-order chi connectivity index (χ0) is 81.1. The topological polar surface area (TPSA) is 160 Å². The van der Waals surface area contributed by atoms with Crippen molar-refractivity contribution in [2.75, 3.05) is 10.7 Å². The number of rotatable bonds is 18. The van der Waals surface area contributed by atoms with Gasteiger partial charge in [-0.1, -0.05) is 295 Å². The maximum absolute atomic E-state index is 4.86. The number of allylic oxidation sites excluding steroid dienone is 11. The largest absolute Gasteiger partial charge is 3.00 e. The number of hydrogen-bond acceptors (Lipinski definition) is 5. The van der Waals surface area contributed by atoms with E-state index >= 15 is 0 Å². The predicted molar refractivity (Wildman–Crippen MR) is 487 cm³/mol. The summed E-state index contributed by atoms with van der Waals surface area (Å²) in [5, 5.41) is 4.97. The molecule has 0 unspecified atom stereocenters. The van der Waals surface area contributed by atoms with Crippen molar-refractivity contribution in [1.29, 1.82) is 0 Å². The molecule has 0 saturated carbocycles. The zero-order valence-corrected chi connectivity index (χ0v) is 71.2. The molecule has 18 heteroatoms. The second-order valence-electron chi connectivity index (χ2n) is 29.1. The molecule has 12 nitrogen and oxygen atoms in total. The molecular weight excluding hydrogens is 1640 g/mol. The van der Waals surface area contributed by atoms with Gasteiger partial charge in [-0.25, -0.2) is 0 Å². The van der Waals surface area contributed by atoms with Gasteiger partial charge in [0.2, 0.25) is 0 Å². The van der Waals surface area contributed by atoms with Gasteiger partial charge < -0.3 is 35.2 Å². The molecule has 0 spiro atoms. The van der Waals surface area contributed by atoms with Crippen LogP contribution in [0.3, 0.4) is 0 Å². The summed E-state index contributed by atoms with van der Waals surface area (Å²) in [6, 6.07) is 80.6. The van der Waals surface area contributed by atoms with Gasteiger partial charge in [0.05, 0.1) is 51.3 Å². The molecule has 12 heterocycles. The third-order valence-corrected chi connectivity index (χ3v) is 20.9. The summed E-state index contributed by atoms with van der Waals surface area (Å²) >= 11 is 19.1. The van der Waals surface area contributed by atoms with Crippen molar-refractivity contribution in [3.05, 3.63) is 475 Å². The number of alkyl halides is 4. The van der Waals surface area contributed by atoms with Crippen molar-refractivity contribution in [2.45, 2.75) is 57.8 Å². The molecule has 0 fully saturated rings. The molecular formula is C101H82Cl4Co2N12. The van der Waals surface area contributed by atoms with E-state index in [0.717, 1.165) is 169 Å². The van der Waals surface area contributed by atoms with Gasteiger partial charge in [-0.05, 0) is 138 Å². The fraction of sp³-hybridized carbons (Fsp3) is 0.109. The van der Waals surface area contributed by atoms with Gasteiger partial charge in [-0.3, -0.25) is 25.0 Å². The van der Waals surface area contributed by atoms with Crippen LogP contribution in [-0.4, -0.2) is 41.8 Å². The smallest absolute Gasteiger partial charge is 0.664 e. The van der Waals surface area contributed by atoms with E-state index < -0.39 is 0 Å². The predicted octanol–water partition coefficient (Wildman–Crippen LogP) is 23.5. The molecule has 12 aromatic rings. The van der Waals surface area contributed by atoms with Crippen LogP contribution in [0.5, 0.6) is 0 Å². The van der Waals surface area contributed by atoms with Crippen LogP contribution in [0.1, 0.15) is 126 Å². The molecule has 119 heavy (non-hydrogen) atoms. The van der Waals surface area contributed by atoms with Crippen LogP contribution in [0.4, 0.5) is 0 Å².